The van der Waals surface area contributed by atoms with Crippen LogP contribution in [0.25, 0.3) is 10.2 Å². The van der Waals surface area contributed by atoms with Gasteiger partial charge in [-0.25, -0.2) is 0 Å². The molecule has 1 aromatic heterocycles. The highest BCUT2D eigenvalue weighted by molar-refractivity contribution is 7.16. The van der Waals surface area contributed by atoms with E-state index < -0.39 is 5.91 Å². The van der Waals surface area contributed by atoms with Gasteiger partial charge in [-0.15, -0.1) is 6.42 Å². The number of halogens is 3. The van der Waals surface area contributed by atoms with Crippen molar-refractivity contribution in [3.05, 3.63) is 61.8 Å². The predicted octanol–water partition coefficient (Wildman–Crippen LogP) is 5.04. The Morgan fingerprint density at radius 2 is 2.00 bits per heavy atom. The Morgan fingerprint density at radius 3 is 2.71 bits per heavy atom. The van der Waals surface area contributed by atoms with E-state index in [-0.39, 0.29) is 6.54 Å². The van der Waals surface area contributed by atoms with Crippen molar-refractivity contribution in [1.29, 1.82) is 0 Å². The molecule has 120 valence electrons. The summed E-state index contributed by atoms with van der Waals surface area (Å²) in [6, 6.07) is 10.0. The highest BCUT2D eigenvalue weighted by Crippen LogP contribution is 2.29. The van der Waals surface area contributed by atoms with Crippen LogP contribution in [0.2, 0.25) is 15.1 Å². The fraction of sp³-hybridized carbons (Fsp3) is 0.0588. The first-order chi connectivity index (χ1) is 11.5. The van der Waals surface area contributed by atoms with Crippen molar-refractivity contribution < 1.29 is 4.79 Å². The molecule has 0 aliphatic carbocycles. The molecule has 2 aromatic carbocycles. The van der Waals surface area contributed by atoms with Crippen molar-refractivity contribution in [2.24, 2.45) is 4.99 Å². The number of carbonyl (C=O) groups excluding carboxylic acids is 1. The Balaban J connectivity index is 2.22. The number of terminal acetylenes is 1. The third-order valence-corrected chi connectivity index (χ3v) is 4.98. The number of rotatable bonds is 2. The molecule has 0 spiro atoms. The maximum atomic E-state index is 12.4. The third kappa shape index (κ3) is 3.35. The fourth-order valence-corrected chi connectivity index (χ4v) is 4.23. The lowest BCUT2D eigenvalue weighted by molar-refractivity contribution is 0.0998. The molecule has 3 nitrogen and oxygen atoms in total. The highest BCUT2D eigenvalue weighted by Gasteiger charge is 2.12. The second-order valence-electron chi connectivity index (χ2n) is 4.84. The van der Waals surface area contributed by atoms with Crippen molar-refractivity contribution in [3.63, 3.8) is 0 Å². The minimum Gasteiger partial charge on any atom is -0.303 e. The first-order valence-electron chi connectivity index (χ1n) is 6.76. The quantitative estimate of drug-likeness (QED) is 0.560. The molecule has 0 N–H and O–H groups in total. The average molecular weight is 396 g/mol. The number of nitrogens with zero attached hydrogens (tertiary/aromatic N) is 2. The maximum Gasteiger partial charge on any atom is 0.279 e. The molecule has 7 heteroatoms. The summed E-state index contributed by atoms with van der Waals surface area (Å²) < 4.78 is 2.53. The van der Waals surface area contributed by atoms with Gasteiger partial charge in [0.25, 0.3) is 5.91 Å². The predicted molar refractivity (Wildman–Crippen MR) is 100 cm³/mol. The monoisotopic (exact) mass is 394 g/mol. The lowest BCUT2D eigenvalue weighted by Crippen LogP contribution is -2.16. The summed E-state index contributed by atoms with van der Waals surface area (Å²) in [5.41, 5.74) is 1.11. The van der Waals surface area contributed by atoms with Gasteiger partial charge >= 0.3 is 0 Å². The molecule has 0 atom stereocenters. The van der Waals surface area contributed by atoms with Crippen LogP contribution in [0.15, 0.2) is 41.4 Å². The number of benzene rings is 2. The standard InChI is InChI=1S/C17H9Cl3N2OS/c1-2-6-22-15-13(20)8-12(19)9-14(15)24-17(22)21-16(23)10-4-3-5-11(18)7-10/h1,3-5,7-9H,6H2. The number of carbonyl (C=O) groups is 1. The van der Waals surface area contributed by atoms with E-state index in [0.717, 1.165) is 4.70 Å². The van der Waals surface area contributed by atoms with Gasteiger partial charge in [0.1, 0.15) is 0 Å². The lowest BCUT2D eigenvalue weighted by Gasteiger charge is -2.02. The van der Waals surface area contributed by atoms with Crippen molar-refractivity contribution >= 4 is 62.3 Å². The van der Waals surface area contributed by atoms with Crippen LogP contribution in [0.5, 0.6) is 0 Å². The summed E-state index contributed by atoms with van der Waals surface area (Å²) in [4.78, 5) is 17.0. The highest BCUT2D eigenvalue weighted by atomic mass is 35.5. The Hall–Kier alpha value is -1.77. The third-order valence-electron chi connectivity index (χ3n) is 3.21. The van der Waals surface area contributed by atoms with E-state index in [1.165, 1.54) is 11.3 Å². The molecule has 0 bridgehead atoms. The lowest BCUT2D eigenvalue weighted by atomic mass is 10.2. The Bertz CT molecular complexity index is 1060. The summed E-state index contributed by atoms with van der Waals surface area (Å²) in [6.45, 7) is 0.239. The molecule has 0 unspecified atom stereocenters. The first-order valence-corrected chi connectivity index (χ1v) is 8.71. The zero-order valence-electron chi connectivity index (χ0n) is 12.1. The molecule has 1 heterocycles. The van der Waals surface area contributed by atoms with Crippen LogP contribution in [-0.2, 0) is 6.54 Å². The minimum atomic E-state index is -0.406. The van der Waals surface area contributed by atoms with Crippen molar-refractivity contribution in [2.45, 2.75) is 6.54 Å². The molecule has 1 amide bonds. The van der Waals surface area contributed by atoms with Crippen LogP contribution in [0.4, 0.5) is 0 Å². The Labute approximate surface area is 157 Å². The average Bonchev–Trinajstić information content (AvgIpc) is 2.85. The smallest absolute Gasteiger partial charge is 0.279 e. The van der Waals surface area contributed by atoms with Gasteiger partial charge in [0.05, 0.1) is 21.8 Å². The van der Waals surface area contributed by atoms with Gasteiger partial charge in [0.15, 0.2) is 4.80 Å². The molecule has 24 heavy (non-hydrogen) atoms. The number of amides is 1. The molecule has 0 aliphatic heterocycles. The van der Waals surface area contributed by atoms with Gasteiger partial charge in [0, 0.05) is 15.6 Å². The molecule has 0 aliphatic rings. The van der Waals surface area contributed by atoms with Gasteiger partial charge < -0.3 is 4.57 Å². The van der Waals surface area contributed by atoms with Gasteiger partial charge in [-0.1, -0.05) is 58.1 Å². The number of aromatic nitrogens is 1. The number of hydrogen-bond acceptors (Lipinski definition) is 2. The summed E-state index contributed by atoms with van der Waals surface area (Å²) in [6.07, 6.45) is 5.44. The minimum absolute atomic E-state index is 0.239. The van der Waals surface area contributed by atoms with E-state index >= 15 is 0 Å². The molecule has 3 rings (SSSR count). The van der Waals surface area contributed by atoms with E-state index in [1.807, 2.05) is 0 Å². The molecular weight excluding hydrogens is 387 g/mol. The van der Waals surface area contributed by atoms with E-state index in [2.05, 4.69) is 10.9 Å². The topological polar surface area (TPSA) is 34.4 Å². The summed E-state index contributed by atoms with van der Waals surface area (Å²) in [7, 11) is 0. The van der Waals surface area contributed by atoms with Crippen molar-refractivity contribution in [2.75, 3.05) is 0 Å². The van der Waals surface area contributed by atoms with Crippen LogP contribution in [-0.4, -0.2) is 10.5 Å². The van der Waals surface area contributed by atoms with E-state index in [9.17, 15) is 4.79 Å². The van der Waals surface area contributed by atoms with Crippen LogP contribution in [0.3, 0.4) is 0 Å². The molecule has 0 radical (unpaired) electrons. The van der Waals surface area contributed by atoms with Gasteiger partial charge in [-0.3, -0.25) is 4.79 Å². The van der Waals surface area contributed by atoms with Crippen LogP contribution >= 0.6 is 46.1 Å². The maximum absolute atomic E-state index is 12.4. The van der Waals surface area contributed by atoms with Crippen LogP contribution in [0.1, 0.15) is 10.4 Å². The second-order valence-corrected chi connectivity index (χ2v) is 7.13. The van der Waals surface area contributed by atoms with E-state index in [1.54, 1.807) is 41.0 Å². The second kappa shape index (κ2) is 7.00. The SMILES string of the molecule is C#CCn1c(=NC(=O)c2cccc(Cl)c2)sc2cc(Cl)cc(Cl)c21. The summed E-state index contributed by atoms with van der Waals surface area (Å²) in [5.74, 6) is 2.15. The molecular formula is C17H9Cl3N2OS. The Morgan fingerprint density at radius 1 is 1.21 bits per heavy atom. The molecule has 0 fully saturated rings. The first kappa shape index (κ1) is 17.1. The Kier molecular flexibility index (Phi) is 4.98. The van der Waals surface area contributed by atoms with Crippen molar-refractivity contribution in [3.8, 4) is 12.3 Å². The van der Waals surface area contributed by atoms with E-state index in [0.29, 0.717) is 30.9 Å². The normalized spacial score (nSPS) is 11.7. The molecule has 0 saturated carbocycles. The van der Waals surface area contributed by atoms with Crippen LogP contribution < -0.4 is 4.80 Å². The molecule has 0 saturated heterocycles. The zero-order valence-corrected chi connectivity index (χ0v) is 15.2. The largest absolute Gasteiger partial charge is 0.303 e. The number of thiazole rings is 1. The van der Waals surface area contributed by atoms with Gasteiger partial charge in [-0.2, -0.15) is 4.99 Å². The number of fused-ring (bicyclic) bond motifs is 1. The van der Waals surface area contributed by atoms with Crippen molar-refractivity contribution in [1.82, 2.24) is 4.57 Å². The number of hydrogen-bond donors (Lipinski definition) is 0. The molecule has 3 aromatic rings. The van der Waals surface area contributed by atoms with Gasteiger partial charge in [0.2, 0.25) is 0 Å². The summed E-state index contributed by atoms with van der Waals surface area (Å²) in [5, 5.41) is 1.44. The summed E-state index contributed by atoms with van der Waals surface area (Å²) >= 11 is 19.5. The fourth-order valence-electron chi connectivity index (χ4n) is 2.23. The van der Waals surface area contributed by atoms with Crippen LogP contribution in [0, 0.1) is 12.3 Å². The van der Waals surface area contributed by atoms with E-state index in [4.69, 9.17) is 41.2 Å². The van der Waals surface area contributed by atoms with Gasteiger partial charge in [-0.05, 0) is 30.3 Å². The zero-order chi connectivity index (χ0) is 17.3.